The van der Waals surface area contributed by atoms with Crippen molar-refractivity contribution in [1.29, 1.82) is 0 Å². The van der Waals surface area contributed by atoms with Crippen LogP contribution in [-0.2, 0) is 5.41 Å². The molecule has 1 aromatic heterocycles. The molecule has 1 aromatic carbocycles. The number of rotatable bonds is 1. The average molecular weight is 242 g/mol. The zero-order chi connectivity index (χ0) is 12.6. The van der Waals surface area contributed by atoms with E-state index in [1.165, 1.54) is 19.3 Å². The summed E-state index contributed by atoms with van der Waals surface area (Å²) in [6.45, 7) is 2.18. The molecule has 0 bridgehead atoms. The van der Waals surface area contributed by atoms with Crippen LogP contribution in [0.1, 0.15) is 44.7 Å². The molecule has 1 saturated carbocycles. The van der Waals surface area contributed by atoms with Gasteiger partial charge in [-0.3, -0.25) is 4.79 Å². The predicted molar refractivity (Wildman–Crippen MR) is 72.8 cm³/mol. The molecule has 3 nitrogen and oxygen atoms in total. The Balaban J connectivity index is 2.16. The maximum atomic E-state index is 12.2. The fraction of sp³-hybridized carbons (Fsp3) is 0.467. The van der Waals surface area contributed by atoms with Gasteiger partial charge in [-0.2, -0.15) is 0 Å². The van der Waals surface area contributed by atoms with Crippen molar-refractivity contribution in [1.82, 2.24) is 9.97 Å². The Hall–Kier alpha value is -1.64. The van der Waals surface area contributed by atoms with E-state index in [1.54, 1.807) is 0 Å². The van der Waals surface area contributed by atoms with E-state index >= 15 is 0 Å². The highest BCUT2D eigenvalue weighted by molar-refractivity contribution is 5.73. The summed E-state index contributed by atoms with van der Waals surface area (Å²) in [5.41, 5.74) is 2.37. The van der Waals surface area contributed by atoms with Crippen LogP contribution < -0.4 is 5.56 Å². The Kier molecular flexibility index (Phi) is 2.69. The normalized spacial score (nSPS) is 18.9. The second kappa shape index (κ2) is 4.23. The molecule has 0 atom stereocenters. The topological polar surface area (TPSA) is 45.8 Å². The maximum Gasteiger partial charge on any atom is 0.270 e. The highest BCUT2D eigenvalue weighted by atomic mass is 16.1. The van der Waals surface area contributed by atoms with Crippen molar-refractivity contribution < 1.29 is 0 Å². The van der Waals surface area contributed by atoms with Crippen molar-refractivity contribution in [3.63, 3.8) is 0 Å². The van der Waals surface area contributed by atoms with Gasteiger partial charge in [0.15, 0.2) is 0 Å². The molecule has 0 amide bonds. The number of benzene rings is 1. The van der Waals surface area contributed by atoms with Gasteiger partial charge in [0.2, 0.25) is 0 Å². The van der Waals surface area contributed by atoms with Gasteiger partial charge in [0.05, 0.1) is 11.0 Å². The monoisotopic (exact) mass is 242 g/mol. The number of hydrogen-bond donors (Lipinski definition) is 1. The van der Waals surface area contributed by atoms with Gasteiger partial charge in [0.25, 0.3) is 5.56 Å². The largest absolute Gasteiger partial charge is 0.319 e. The van der Waals surface area contributed by atoms with E-state index in [0.29, 0.717) is 0 Å². The van der Waals surface area contributed by atoms with Crippen LogP contribution >= 0.6 is 0 Å². The number of H-pyrrole nitrogens is 1. The van der Waals surface area contributed by atoms with Gasteiger partial charge in [-0.25, -0.2) is 4.98 Å². The lowest BCUT2D eigenvalue weighted by molar-refractivity contribution is 0.310. The third kappa shape index (κ3) is 1.84. The van der Waals surface area contributed by atoms with E-state index in [0.717, 1.165) is 29.6 Å². The minimum Gasteiger partial charge on any atom is -0.319 e. The summed E-state index contributed by atoms with van der Waals surface area (Å²) in [4.78, 5) is 19.8. The molecule has 1 N–H and O–H groups in total. The number of nitrogens with zero attached hydrogens (tertiary/aromatic N) is 1. The molecule has 94 valence electrons. The Labute approximate surface area is 106 Å². The molecule has 0 saturated heterocycles. The van der Waals surface area contributed by atoms with Crippen LogP contribution in [0.3, 0.4) is 0 Å². The summed E-state index contributed by atoms with van der Waals surface area (Å²) in [5, 5.41) is 0. The second-order valence-corrected chi connectivity index (χ2v) is 5.55. The smallest absolute Gasteiger partial charge is 0.270 e. The van der Waals surface area contributed by atoms with Gasteiger partial charge in [-0.05, 0) is 25.0 Å². The Morgan fingerprint density at radius 2 is 1.89 bits per heavy atom. The average Bonchev–Trinajstić information content (AvgIpc) is 2.38. The van der Waals surface area contributed by atoms with Crippen LogP contribution in [-0.4, -0.2) is 9.97 Å². The molecule has 0 aliphatic heterocycles. The third-order valence-corrected chi connectivity index (χ3v) is 4.13. The van der Waals surface area contributed by atoms with Gasteiger partial charge in [-0.15, -0.1) is 0 Å². The van der Waals surface area contributed by atoms with Gasteiger partial charge in [0, 0.05) is 5.41 Å². The molecule has 1 aliphatic rings. The van der Waals surface area contributed by atoms with E-state index in [2.05, 4.69) is 16.9 Å². The number of hydrogen-bond acceptors (Lipinski definition) is 2. The molecule has 3 rings (SSSR count). The fourth-order valence-electron chi connectivity index (χ4n) is 3.01. The number of aromatic amines is 1. The summed E-state index contributed by atoms with van der Waals surface area (Å²) in [7, 11) is 0. The molecule has 3 heteroatoms. The van der Waals surface area contributed by atoms with Crippen LogP contribution in [0, 0.1) is 0 Å². The molecule has 1 aliphatic carbocycles. The minimum atomic E-state index is -0.0458. The van der Waals surface area contributed by atoms with Crippen LogP contribution in [0.25, 0.3) is 11.0 Å². The van der Waals surface area contributed by atoms with Crippen molar-refractivity contribution in [2.75, 3.05) is 0 Å². The van der Waals surface area contributed by atoms with Crippen LogP contribution in [0.4, 0.5) is 0 Å². The number of aromatic nitrogens is 2. The van der Waals surface area contributed by atoms with Crippen LogP contribution in [0.2, 0.25) is 0 Å². The molecule has 0 radical (unpaired) electrons. The lowest BCUT2D eigenvalue weighted by Gasteiger charge is -2.32. The number of fused-ring (bicyclic) bond motifs is 1. The van der Waals surface area contributed by atoms with Crippen molar-refractivity contribution in [3.05, 3.63) is 40.3 Å². The quantitative estimate of drug-likeness (QED) is 0.835. The standard InChI is InChI=1S/C15H18N2O/c1-15(9-5-2-6-10-15)13-14(18)17-12-8-4-3-7-11(12)16-13/h3-4,7-8H,2,5-6,9-10H2,1H3,(H,17,18). The lowest BCUT2D eigenvalue weighted by Crippen LogP contribution is -2.33. The summed E-state index contributed by atoms with van der Waals surface area (Å²) in [6.07, 6.45) is 5.82. The fourth-order valence-corrected chi connectivity index (χ4v) is 3.01. The van der Waals surface area contributed by atoms with Gasteiger partial charge in [-0.1, -0.05) is 38.3 Å². The minimum absolute atomic E-state index is 0.0156. The SMILES string of the molecule is CC1(c2nc3ccccc3[nH]c2=O)CCCCC1. The summed E-state index contributed by atoms with van der Waals surface area (Å²) in [6, 6.07) is 7.74. The Morgan fingerprint density at radius 3 is 2.67 bits per heavy atom. The number of nitrogens with one attached hydrogen (secondary N) is 1. The molecule has 0 spiro atoms. The van der Waals surface area contributed by atoms with Crippen molar-refractivity contribution in [2.24, 2.45) is 0 Å². The predicted octanol–water partition coefficient (Wildman–Crippen LogP) is 3.14. The van der Waals surface area contributed by atoms with E-state index in [4.69, 9.17) is 0 Å². The van der Waals surface area contributed by atoms with E-state index in [1.807, 2.05) is 24.3 Å². The zero-order valence-corrected chi connectivity index (χ0v) is 10.7. The van der Waals surface area contributed by atoms with Crippen molar-refractivity contribution in [2.45, 2.75) is 44.4 Å². The second-order valence-electron chi connectivity index (χ2n) is 5.55. The highest BCUT2D eigenvalue weighted by Crippen LogP contribution is 2.36. The summed E-state index contributed by atoms with van der Waals surface area (Å²) < 4.78 is 0. The number of para-hydroxylation sites is 2. The maximum absolute atomic E-state index is 12.2. The van der Waals surface area contributed by atoms with Crippen LogP contribution in [0.5, 0.6) is 0 Å². The molecule has 0 unspecified atom stereocenters. The molecule has 1 fully saturated rings. The first kappa shape index (κ1) is 11.5. The van der Waals surface area contributed by atoms with Crippen LogP contribution in [0.15, 0.2) is 29.1 Å². The first-order valence-electron chi connectivity index (χ1n) is 6.69. The summed E-state index contributed by atoms with van der Waals surface area (Å²) in [5.74, 6) is 0. The van der Waals surface area contributed by atoms with Gasteiger partial charge >= 0.3 is 0 Å². The first-order valence-corrected chi connectivity index (χ1v) is 6.69. The Morgan fingerprint density at radius 1 is 1.17 bits per heavy atom. The molecule has 1 heterocycles. The van der Waals surface area contributed by atoms with E-state index < -0.39 is 0 Å². The molecule has 18 heavy (non-hydrogen) atoms. The summed E-state index contributed by atoms with van der Waals surface area (Å²) >= 11 is 0. The van der Waals surface area contributed by atoms with Crippen molar-refractivity contribution in [3.8, 4) is 0 Å². The Bertz CT molecular complexity index is 624. The lowest BCUT2D eigenvalue weighted by atomic mass is 9.73. The first-order chi connectivity index (χ1) is 8.69. The van der Waals surface area contributed by atoms with Crippen molar-refractivity contribution >= 4 is 11.0 Å². The van der Waals surface area contributed by atoms with E-state index in [9.17, 15) is 4.79 Å². The zero-order valence-electron chi connectivity index (χ0n) is 10.7. The van der Waals surface area contributed by atoms with Gasteiger partial charge in [0.1, 0.15) is 5.69 Å². The van der Waals surface area contributed by atoms with E-state index in [-0.39, 0.29) is 11.0 Å². The molecular weight excluding hydrogens is 224 g/mol. The molecule has 2 aromatic rings. The highest BCUT2D eigenvalue weighted by Gasteiger charge is 2.32. The van der Waals surface area contributed by atoms with Gasteiger partial charge < -0.3 is 4.98 Å². The third-order valence-electron chi connectivity index (χ3n) is 4.13. The molecular formula is C15H18N2O.